The van der Waals surface area contributed by atoms with Crippen molar-refractivity contribution in [2.75, 3.05) is 28.6 Å². The zero-order chi connectivity index (χ0) is 18.6. The highest BCUT2D eigenvalue weighted by Crippen LogP contribution is 2.23. The smallest absolute Gasteiger partial charge is 0.233 e. The first-order valence-corrected chi connectivity index (χ1v) is 9.34. The third-order valence-corrected chi connectivity index (χ3v) is 4.63. The first-order chi connectivity index (χ1) is 13.2. The molecule has 1 aliphatic heterocycles. The largest absolute Gasteiger partial charge is 0.341 e. The van der Waals surface area contributed by atoms with Crippen LogP contribution in [0.25, 0.3) is 0 Å². The van der Waals surface area contributed by atoms with Crippen molar-refractivity contribution in [1.29, 1.82) is 0 Å². The molecule has 0 aliphatic carbocycles. The molecule has 4 rings (SSSR count). The lowest BCUT2D eigenvalue weighted by Gasteiger charge is -2.17. The minimum Gasteiger partial charge on any atom is -0.341 e. The number of hydrogen-bond acceptors (Lipinski definition) is 6. The van der Waals surface area contributed by atoms with E-state index in [1.807, 2.05) is 24.3 Å². The molecular weight excluding hydrogens is 407 g/mol. The summed E-state index contributed by atoms with van der Waals surface area (Å²) in [5.74, 6) is 1.81. The van der Waals surface area contributed by atoms with Gasteiger partial charge in [-0.25, -0.2) is 0 Å². The number of aromatic nitrogens is 3. The van der Waals surface area contributed by atoms with Gasteiger partial charge in [0.05, 0.1) is 0 Å². The van der Waals surface area contributed by atoms with Crippen molar-refractivity contribution in [3.05, 3.63) is 59.7 Å². The Morgan fingerprint density at radius 3 is 1.48 bits per heavy atom. The molecule has 2 aromatic carbocycles. The highest BCUT2D eigenvalue weighted by atomic mass is 35.5. The van der Waals surface area contributed by atoms with Crippen LogP contribution in [0.2, 0.25) is 0 Å². The van der Waals surface area contributed by atoms with Gasteiger partial charge < -0.3 is 15.5 Å². The summed E-state index contributed by atoms with van der Waals surface area (Å²) >= 11 is 0. The molecule has 0 saturated carbocycles. The van der Waals surface area contributed by atoms with E-state index in [1.165, 1.54) is 24.0 Å². The number of nitrogens with zero attached hydrogens (tertiary/aromatic N) is 4. The van der Waals surface area contributed by atoms with Crippen LogP contribution < -0.4 is 15.5 Å². The molecule has 1 saturated heterocycles. The Hall–Kier alpha value is -2.57. The van der Waals surface area contributed by atoms with Crippen LogP contribution in [0.4, 0.5) is 29.2 Å². The van der Waals surface area contributed by atoms with Gasteiger partial charge in [-0.05, 0) is 51.0 Å². The molecule has 0 bridgehead atoms. The van der Waals surface area contributed by atoms with Crippen LogP contribution in [0, 0.1) is 13.8 Å². The van der Waals surface area contributed by atoms with E-state index in [2.05, 4.69) is 68.6 Å². The molecule has 1 fully saturated rings. The highest BCUT2D eigenvalue weighted by molar-refractivity contribution is 5.85. The molecule has 8 heteroatoms. The van der Waals surface area contributed by atoms with Crippen LogP contribution in [0.1, 0.15) is 24.0 Å². The Morgan fingerprint density at radius 1 is 0.655 bits per heavy atom. The van der Waals surface area contributed by atoms with Gasteiger partial charge in [0.1, 0.15) is 0 Å². The van der Waals surface area contributed by atoms with Gasteiger partial charge in [-0.3, -0.25) is 0 Å². The molecule has 1 aromatic heterocycles. The average molecular weight is 433 g/mol. The van der Waals surface area contributed by atoms with Crippen molar-refractivity contribution in [2.45, 2.75) is 26.7 Å². The molecule has 29 heavy (non-hydrogen) atoms. The van der Waals surface area contributed by atoms with Crippen molar-refractivity contribution < 1.29 is 0 Å². The predicted molar refractivity (Wildman–Crippen MR) is 125 cm³/mol. The number of benzene rings is 2. The van der Waals surface area contributed by atoms with Gasteiger partial charge in [0.25, 0.3) is 0 Å². The molecule has 0 amide bonds. The maximum atomic E-state index is 4.64. The SMILES string of the molecule is Cc1ccc(Nc2nc(Nc3ccc(C)cc3)nc(N3CCCC3)n2)cc1.Cl.Cl. The second kappa shape index (κ2) is 10.3. The maximum absolute atomic E-state index is 4.64. The Balaban J connectivity index is 0.00000150. The van der Waals surface area contributed by atoms with Gasteiger partial charge in [-0.1, -0.05) is 35.4 Å². The summed E-state index contributed by atoms with van der Waals surface area (Å²) < 4.78 is 0. The van der Waals surface area contributed by atoms with E-state index < -0.39 is 0 Å². The number of nitrogens with one attached hydrogen (secondary N) is 2. The van der Waals surface area contributed by atoms with Gasteiger partial charge in [-0.15, -0.1) is 24.8 Å². The summed E-state index contributed by atoms with van der Waals surface area (Å²) in [5.41, 5.74) is 4.35. The summed E-state index contributed by atoms with van der Waals surface area (Å²) in [6.07, 6.45) is 2.35. The molecule has 0 spiro atoms. The molecular formula is C21H26Cl2N6. The first kappa shape index (κ1) is 22.7. The fourth-order valence-corrected chi connectivity index (χ4v) is 3.07. The number of aryl methyl sites for hydroxylation is 2. The second-order valence-corrected chi connectivity index (χ2v) is 6.96. The minimum atomic E-state index is 0. The second-order valence-electron chi connectivity index (χ2n) is 6.96. The van der Waals surface area contributed by atoms with Crippen molar-refractivity contribution in [1.82, 2.24) is 15.0 Å². The van der Waals surface area contributed by atoms with Gasteiger partial charge in [-0.2, -0.15) is 15.0 Å². The van der Waals surface area contributed by atoms with Crippen LogP contribution >= 0.6 is 24.8 Å². The Morgan fingerprint density at radius 2 is 1.07 bits per heavy atom. The lowest BCUT2D eigenvalue weighted by atomic mass is 10.2. The molecule has 3 aromatic rings. The fraction of sp³-hybridized carbons (Fsp3) is 0.286. The van der Waals surface area contributed by atoms with Crippen molar-refractivity contribution in [3.63, 3.8) is 0 Å². The number of anilines is 5. The molecule has 154 valence electrons. The van der Waals surface area contributed by atoms with Crippen LogP contribution in [0.3, 0.4) is 0 Å². The zero-order valence-electron chi connectivity index (χ0n) is 16.6. The molecule has 0 unspecified atom stereocenters. The van der Waals surface area contributed by atoms with Gasteiger partial charge >= 0.3 is 0 Å². The molecule has 0 atom stereocenters. The van der Waals surface area contributed by atoms with E-state index in [1.54, 1.807) is 0 Å². The van der Waals surface area contributed by atoms with Gasteiger partial charge in [0, 0.05) is 24.5 Å². The molecule has 2 heterocycles. The zero-order valence-corrected chi connectivity index (χ0v) is 18.2. The lowest BCUT2D eigenvalue weighted by molar-refractivity contribution is 0.886. The monoisotopic (exact) mass is 432 g/mol. The molecule has 2 N–H and O–H groups in total. The van der Waals surface area contributed by atoms with Crippen LogP contribution in [0.5, 0.6) is 0 Å². The molecule has 0 radical (unpaired) electrons. The Bertz CT molecular complexity index is 844. The van der Waals surface area contributed by atoms with Crippen molar-refractivity contribution in [2.24, 2.45) is 0 Å². The normalized spacial score (nSPS) is 12.7. The Labute approximate surface area is 184 Å². The molecule has 6 nitrogen and oxygen atoms in total. The van der Waals surface area contributed by atoms with Gasteiger partial charge in [0.2, 0.25) is 17.8 Å². The predicted octanol–water partition coefficient (Wildman–Crippen LogP) is 5.42. The first-order valence-electron chi connectivity index (χ1n) is 9.34. The quantitative estimate of drug-likeness (QED) is 0.560. The minimum absolute atomic E-state index is 0. The van der Waals surface area contributed by atoms with E-state index in [0.717, 1.165) is 24.5 Å². The topological polar surface area (TPSA) is 66.0 Å². The number of halogens is 2. The number of hydrogen-bond donors (Lipinski definition) is 2. The van der Waals surface area contributed by atoms with Crippen LogP contribution in [-0.4, -0.2) is 28.0 Å². The lowest BCUT2D eigenvalue weighted by Crippen LogP contribution is -2.21. The summed E-state index contributed by atoms with van der Waals surface area (Å²) in [6.45, 7) is 6.11. The highest BCUT2D eigenvalue weighted by Gasteiger charge is 2.17. The summed E-state index contributed by atoms with van der Waals surface area (Å²) in [5, 5.41) is 6.60. The Kier molecular flexibility index (Phi) is 8.05. The summed E-state index contributed by atoms with van der Waals surface area (Å²) in [7, 11) is 0. The van der Waals surface area contributed by atoms with E-state index in [-0.39, 0.29) is 24.8 Å². The fourth-order valence-electron chi connectivity index (χ4n) is 3.07. The summed E-state index contributed by atoms with van der Waals surface area (Å²) in [4.78, 5) is 16.1. The third kappa shape index (κ3) is 5.95. The third-order valence-electron chi connectivity index (χ3n) is 4.63. The van der Waals surface area contributed by atoms with Crippen LogP contribution in [0.15, 0.2) is 48.5 Å². The summed E-state index contributed by atoms with van der Waals surface area (Å²) in [6, 6.07) is 16.4. The number of rotatable bonds is 5. The van der Waals surface area contributed by atoms with E-state index in [9.17, 15) is 0 Å². The van der Waals surface area contributed by atoms with E-state index >= 15 is 0 Å². The van der Waals surface area contributed by atoms with E-state index in [4.69, 9.17) is 0 Å². The van der Waals surface area contributed by atoms with E-state index in [0.29, 0.717) is 17.8 Å². The maximum Gasteiger partial charge on any atom is 0.233 e. The standard InChI is InChI=1S/C21H24N6.2ClH/c1-15-5-9-17(10-6-15)22-19-24-20(23-18-11-7-16(2)8-12-18)26-21(25-19)27-13-3-4-14-27;;/h5-12H,3-4,13-14H2,1-2H3,(H2,22,23,24,25,26);2*1H. The average Bonchev–Trinajstić information content (AvgIpc) is 3.20. The van der Waals surface area contributed by atoms with Crippen molar-refractivity contribution >= 4 is 54.0 Å². The molecule has 1 aliphatic rings. The van der Waals surface area contributed by atoms with Gasteiger partial charge in [0.15, 0.2) is 0 Å². The van der Waals surface area contributed by atoms with Crippen molar-refractivity contribution in [3.8, 4) is 0 Å². The van der Waals surface area contributed by atoms with Crippen LogP contribution in [-0.2, 0) is 0 Å².